The highest BCUT2D eigenvalue weighted by molar-refractivity contribution is 7.89. The number of aromatic amines is 1. The minimum Gasteiger partial charge on any atom is -0.481 e. The van der Waals surface area contributed by atoms with Crippen molar-refractivity contribution in [2.24, 2.45) is 5.92 Å². The summed E-state index contributed by atoms with van der Waals surface area (Å²) in [6.45, 7) is 0.527. The lowest BCUT2D eigenvalue weighted by Crippen LogP contribution is -2.50. The summed E-state index contributed by atoms with van der Waals surface area (Å²) < 4.78 is 24.9. The van der Waals surface area contributed by atoms with E-state index in [0.717, 1.165) is 0 Å². The second kappa shape index (κ2) is 3.87. The zero-order valence-electron chi connectivity index (χ0n) is 8.33. The zero-order chi connectivity index (χ0) is 11.8. The van der Waals surface area contributed by atoms with Gasteiger partial charge in [-0.15, -0.1) is 0 Å². The van der Waals surface area contributed by atoms with Gasteiger partial charge >= 0.3 is 5.97 Å². The molecular weight excluding hydrogens is 234 g/mol. The van der Waals surface area contributed by atoms with Gasteiger partial charge in [-0.25, -0.2) is 8.42 Å². The largest absolute Gasteiger partial charge is 0.481 e. The highest BCUT2D eigenvalue weighted by atomic mass is 32.2. The third-order valence-electron chi connectivity index (χ3n) is 2.50. The number of sulfonamides is 1. The number of rotatable bonds is 4. The van der Waals surface area contributed by atoms with Gasteiger partial charge in [0.2, 0.25) is 10.0 Å². The molecular formula is C8H11N3O4S. The average molecular weight is 245 g/mol. The van der Waals surface area contributed by atoms with Crippen LogP contribution in [0.4, 0.5) is 0 Å². The molecule has 7 nitrogen and oxygen atoms in total. The maximum atomic E-state index is 11.8. The number of H-pyrrole nitrogens is 1. The molecule has 1 saturated heterocycles. The number of carbonyl (C=O) groups is 1. The number of nitrogens with zero attached hydrogens (tertiary/aromatic N) is 2. The van der Waals surface area contributed by atoms with Crippen molar-refractivity contribution in [2.75, 3.05) is 13.1 Å². The number of aliphatic carboxylic acids is 1. The molecule has 0 amide bonds. The van der Waals surface area contributed by atoms with Gasteiger partial charge in [-0.05, 0) is 5.92 Å². The van der Waals surface area contributed by atoms with E-state index >= 15 is 0 Å². The number of carboxylic acids is 1. The molecule has 1 aliphatic heterocycles. The topological polar surface area (TPSA) is 103 Å². The quantitative estimate of drug-likeness (QED) is 0.744. The lowest BCUT2D eigenvalue weighted by molar-refractivity contribution is -0.139. The Labute approximate surface area is 92.1 Å². The summed E-state index contributed by atoms with van der Waals surface area (Å²) in [4.78, 5) is 10.5. The third kappa shape index (κ3) is 1.93. The molecule has 1 fully saturated rings. The maximum Gasteiger partial charge on any atom is 0.303 e. The Balaban J connectivity index is 2.00. The Kier molecular flexibility index (Phi) is 2.68. The molecule has 0 saturated carbocycles. The van der Waals surface area contributed by atoms with Crippen molar-refractivity contribution in [1.29, 1.82) is 0 Å². The van der Waals surface area contributed by atoms with Gasteiger partial charge in [0.25, 0.3) is 0 Å². The second-order valence-electron chi connectivity index (χ2n) is 3.72. The molecule has 0 spiro atoms. The molecule has 88 valence electrons. The van der Waals surface area contributed by atoms with E-state index in [-0.39, 0.29) is 30.3 Å². The van der Waals surface area contributed by atoms with Crippen LogP contribution in [0.15, 0.2) is 17.3 Å². The van der Waals surface area contributed by atoms with Crippen LogP contribution in [0.1, 0.15) is 6.42 Å². The van der Waals surface area contributed by atoms with Crippen LogP contribution in [-0.4, -0.2) is 47.1 Å². The lowest BCUT2D eigenvalue weighted by atomic mass is 10.00. The van der Waals surface area contributed by atoms with Crippen LogP contribution < -0.4 is 0 Å². The van der Waals surface area contributed by atoms with E-state index < -0.39 is 16.0 Å². The molecule has 0 unspecified atom stereocenters. The van der Waals surface area contributed by atoms with E-state index in [9.17, 15) is 13.2 Å². The standard InChI is InChI=1S/C8H11N3O4S/c12-8(13)1-6-4-11(5-6)16(14,15)7-2-9-10-3-7/h2-3,6H,1,4-5H2,(H,9,10)(H,12,13). The van der Waals surface area contributed by atoms with Gasteiger partial charge in [-0.3, -0.25) is 9.89 Å². The fourth-order valence-corrected chi connectivity index (χ4v) is 3.12. The Hall–Kier alpha value is -1.41. The van der Waals surface area contributed by atoms with Gasteiger partial charge in [0.15, 0.2) is 0 Å². The number of nitrogens with one attached hydrogen (secondary N) is 1. The minimum atomic E-state index is -3.48. The highest BCUT2D eigenvalue weighted by Crippen LogP contribution is 2.26. The van der Waals surface area contributed by atoms with Crippen LogP contribution in [0, 0.1) is 5.92 Å². The molecule has 0 atom stereocenters. The molecule has 2 rings (SSSR count). The molecule has 1 aromatic rings. The summed E-state index contributed by atoms with van der Waals surface area (Å²) in [5.41, 5.74) is 0. The SMILES string of the molecule is O=C(O)CC1CN(S(=O)(=O)c2cn[nH]c2)C1. The fraction of sp³-hybridized carbons (Fsp3) is 0.500. The van der Waals surface area contributed by atoms with Crippen LogP contribution in [0.5, 0.6) is 0 Å². The summed E-state index contributed by atoms with van der Waals surface area (Å²) in [6, 6.07) is 0. The lowest BCUT2D eigenvalue weighted by Gasteiger charge is -2.36. The molecule has 2 N–H and O–H groups in total. The molecule has 2 heterocycles. The van der Waals surface area contributed by atoms with Crippen LogP contribution in [0.25, 0.3) is 0 Å². The molecule has 0 bridgehead atoms. The van der Waals surface area contributed by atoms with Gasteiger partial charge in [-0.2, -0.15) is 9.40 Å². The van der Waals surface area contributed by atoms with E-state index in [1.165, 1.54) is 16.7 Å². The summed E-state index contributed by atoms with van der Waals surface area (Å²) >= 11 is 0. The first-order chi connectivity index (χ1) is 7.50. The summed E-state index contributed by atoms with van der Waals surface area (Å²) in [5, 5.41) is 14.5. The van der Waals surface area contributed by atoms with E-state index in [0.29, 0.717) is 0 Å². The van der Waals surface area contributed by atoms with E-state index in [4.69, 9.17) is 5.11 Å². The second-order valence-corrected chi connectivity index (χ2v) is 5.66. The predicted molar refractivity (Wildman–Crippen MR) is 53.1 cm³/mol. The molecule has 8 heteroatoms. The monoisotopic (exact) mass is 245 g/mol. The van der Waals surface area contributed by atoms with Crippen LogP contribution >= 0.6 is 0 Å². The molecule has 1 aromatic heterocycles. The summed E-state index contributed by atoms with van der Waals surface area (Å²) in [7, 11) is -3.48. The number of aromatic nitrogens is 2. The minimum absolute atomic E-state index is 0.0113. The van der Waals surface area contributed by atoms with Crippen molar-refractivity contribution in [3.05, 3.63) is 12.4 Å². The highest BCUT2D eigenvalue weighted by Gasteiger charge is 2.37. The van der Waals surface area contributed by atoms with Gasteiger partial charge in [-0.1, -0.05) is 0 Å². The smallest absolute Gasteiger partial charge is 0.303 e. The maximum absolute atomic E-state index is 11.8. The Morgan fingerprint density at radius 3 is 2.81 bits per heavy atom. The van der Waals surface area contributed by atoms with Crippen LogP contribution in [0.3, 0.4) is 0 Å². The van der Waals surface area contributed by atoms with Crippen molar-refractivity contribution >= 4 is 16.0 Å². The Morgan fingerprint density at radius 2 is 2.31 bits per heavy atom. The number of hydrogen-bond acceptors (Lipinski definition) is 4. The first-order valence-corrected chi connectivity index (χ1v) is 6.15. The first kappa shape index (κ1) is 11.1. The average Bonchev–Trinajstić information content (AvgIpc) is 2.62. The van der Waals surface area contributed by atoms with Gasteiger partial charge in [0.05, 0.1) is 12.6 Å². The van der Waals surface area contributed by atoms with Gasteiger partial charge < -0.3 is 5.11 Å². The van der Waals surface area contributed by atoms with E-state index in [2.05, 4.69) is 10.2 Å². The molecule has 0 aliphatic carbocycles. The Bertz CT molecular complexity index is 475. The zero-order valence-corrected chi connectivity index (χ0v) is 9.14. The van der Waals surface area contributed by atoms with E-state index in [1.54, 1.807) is 0 Å². The number of hydrogen-bond donors (Lipinski definition) is 2. The molecule has 0 aromatic carbocycles. The first-order valence-electron chi connectivity index (χ1n) is 4.71. The molecule has 16 heavy (non-hydrogen) atoms. The van der Waals surface area contributed by atoms with Crippen molar-refractivity contribution in [3.63, 3.8) is 0 Å². The van der Waals surface area contributed by atoms with E-state index in [1.807, 2.05) is 0 Å². The summed E-state index contributed by atoms with van der Waals surface area (Å²) in [6.07, 6.45) is 2.55. The molecule has 1 aliphatic rings. The fourth-order valence-electron chi connectivity index (χ4n) is 1.62. The normalized spacial score (nSPS) is 18.2. The number of carboxylic acid groups (broad SMARTS) is 1. The Morgan fingerprint density at radius 1 is 1.62 bits per heavy atom. The summed E-state index contributed by atoms with van der Waals surface area (Å²) in [5.74, 6) is -0.982. The molecule has 0 radical (unpaired) electrons. The van der Waals surface area contributed by atoms with Gasteiger partial charge in [0, 0.05) is 19.3 Å². The van der Waals surface area contributed by atoms with Crippen molar-refractivity contribution in [3.8, 4) is 0 Å². The van der Waals surface area contributed by atoms with Crippen molar-refractivity contribution < 1.29 is 18.3 Å². The third-order valence-corrected chi connectivity index (χ3v) is 4.29. The van der Waals surface area contributed by atoms with Crippen LogP contribution in [-0.2, 0) is 14.8 Å². The van der Waals surface area contributed by atoms with Crippen molar-refractivity contribution in [2.45, 2.75) is 11.3 Å². The van der Waals surface area contributed by atoms with Gasteiger partial charge in [0.1, 0.15) is 4.90 Å². The van der Waals surface area contributed by atoms with Crippen molar-refractivity contribution in [1.82, 2.24) is 14.5 Å². The van der Waals surface area contributed by atoms with Crippen LogP contribution in [0.2, 0.25) is 0 Å². The predicted octanol–water partition coefficient (Wildman–Crippen LogP) is -0.495.